The van der Waals surface area contributed by atoms with Crippen molar-refractivity contribution in [2.45, 2.75) is 43.9 Å². The second kappa shape index (κ2) is 4.80. The fraction of sp³-hybridized carbons (Fsp3) is 0.500. The molecule has 2 bridgehead atoms. The van der Waals surface area contributed by atoms with Crippen LogP contribution in [0.1, 0.15) is 36.0 Å². The smallest absolute Gasteiger partial charge is 0.254 e. The first-order valence-corrected chi connectivity index (χ1v) is 7.40. The maximum Gasteiger partial charge on any atom is 0.254 e. The van der Waals surface area contributed by atoms with Gasteiger partial charge in [-0.2, -0.15) is 0 Å². The molecule has 0 saturated carbocycles. The van der Waals surface area contributed by atoms with Crippen LogP contribution in [0.3, 0.4) is 0 Å². The topological polar surface area (TPSA) is 66.6 Å². The van der Waals surface area contributed by atoms with Crippen LogP contribution in [0.5, 0.6) is 0 Å². The molecule has 0 aromatic heterocycles. The predicted molar refractivity (Wildman–Crippen MR) is 76.8 cm³/mol. The molecule has 3 rings (SSSR count). The van der Waals surface area contributed by atoms with Crippen molar-refractivity contribution in [3.8, 4) is 0 Å². The summed E-state index contributed by atoms with van der Waals surface area (Å²) in [6.07, 6.45) is 3.14. The number of rotatable bonds is 1. The summed E-state index contributed by atoms with van der Waals surface area (Å²) in [5.41, 5.74) is 7.00. The Hall–Kier alpha value is -1.07. The molecule has 19 heavy (non-hydrogen) atoms. The van der Waals surface area contributed by atoms with E-state index in [1.807, 2.05) is 11.0 Å². The molecule has 0 radical (unpaired) electrons. The van der Waals surface area contributed by atoms with E-state index in [1.165, 1.54) is 0 Å². The number of amides is 1. The van der Waals surface area contributed by atoms with Crippen LogP contribution in [0.4, 0.5) is 5.69 Å². The third-order valence-electron chi connectivity index (χ3n) is 4.11. The minimum absolute atomic E-state index is 0.0346. The number of anilines is 1. The van der Waals surface area contributed by atoms with Crippen molar-refractivity contribution in [1.29, 1.82) is 0 Å². The molecule has 0 aliphatic carbocycles. The van der Waals surface area contributed by atoms with E-state index in [2.05, 4.69) is 15.9 Å². The van der Waals surface area contributed by atoms with Gasteiger partial charge in [0.15, 0.2) is 0 Å². The molecule has 2 aliphatic rings. The van der Waals surface area contributed by atoms with Gasteiger partial charge >= 0.3 is 0 Å². The van der Waals surface area contributed by atoms with E-state index in [1.54, 1.807) is 12.1 Å². The van der Waals surface area contributed by atoms with Crippen LogP contribution in [0.25, 0.3) is 0 Å². The van der Waals surface area contributed by atoms with Crippen LogP contribution in [0, 0.1) is 0 Å². The number of nitrogens with two attached hydrogens (primary N) is 1. The van der Waals surface area contributed by atoms with Gasteiger partial charge in [-0.15, -0.1) is 0 Å². The molecule has 2 aliphatic heterocycles. The predicted octanol–water partition coefficient (Wildman–Crippen LogP) is 2.16. The molecule has 2 fully saturated rings. The van der Waals surface area contributed by atoms with Crippen LogP contribution in [0.2, 0.25) is 0 Å². The van der Waals surface area contributed by atoms with E-state index in [0.717, 1.165) is 17.3 Å². The highest BCUT2D eigenvalue weighted by atomic mass is 79.9. The number of fused-ring (bicyclic) bond motifs is 2. The summed E-state index contributed by atoms with van der Waals surface area (Å²) in [4.78, 5) is 14.6. The van der Waals surface area contributed by atoms with Gasteiger partial charge in [-0.1, -0.05) is 15.9 Å². The lowest BCUT2D eigenvalue weighted by molar-refractivity contribution is 0.0287. The Bertz CT molecular complexity index is 486. The fourth-order valence-electron chi connectivity index (χ4n) is 3.36. The van der Waals surface area contributed by atoms with Crippen LogP contribution in [0.15, 0.2) is 22.7 Å². The average Bonchev–Trinajstić information content (AvgIpc) is 2.59. The average molecular weight is 325 g/mol. The zero-order valence-corrected chi connectivity index (χ0v) is 12.1. The summed E-state index contributed by atoms with van der Waals surface area (Å²) in [7, 11) is 0. The van der Waals surface area contributed by atoms with Crippen molar-refractivity contribution in [1.82, 2.24) is 4.90 Å². The minimum atomic E-state index is -0.255. The first-order valence-electron chi connectivity index (χ1n) is 6.61. The molecular formula is C14H17BrN2O2. The first kappa shape index (κ1) is 12.9. The Kier molecular flexibility index (Phi) is 3.27. The Labute approximate surface area is 120 Å². The van der Waals surface area contributed by atoms with Crippen LogP contribution < -0.4 is 5.73 Å². The van der Waals surface area contributed by atoms with Gasteiger partial charge in [0.2, 0.25) is 0 Å². The summed E-state index contributed by atoms with van der Waals surface area (Å²) in [5, 5.41) is 9.78. The van der Waals surface area contributed by atoms with Crippen LogP contribution >= 0.6 is 15.9 Å². The van der Waals surface area contributed by atoms with Gasteiger partial charge in [0.1, 0.15) is 0 Å². The molecule has 4 nitrogen and oxygen atoms in total. The van der Waals surface area contributed by atoms with Gasteiger partial charge in [-0.3, -0.25) is 4.79 Å². The molecule has 2 heterocycles. The van der Waals surface area contributed by atoms with Gasteiger partial charge < -0.3 is 15.7 Å². The summed E-state index contributed by atoms with van der Waals surface area (Å²) < 4.78 is 0.820. The van der Waals surface area contributed by atoms with Gasteiger partial charge in [0.25, 0.3) is 5.91 Å². The van der Waals surface area contributed by atoms with Gasteiger partial charge in [0, 0.05) is 27.8 Å². The van der Waals surface area contributed by atoms with E-state index < -0.39 is 0 Å². The molecule has 5 heteroatoms. The quantitative estimate of drug-likeness (QED) is 0.778. The lowest BCUT2D eigenvalue weighted by Gasteiger charge is -2.37. The summed E-state index contributed by atoms with van der Waals surface area (Å²) in [6, 6.07) is 5.68. The minimum Gasteiger partial charge on any atom is -0.399 e. The standard InChI is InChI=1S/C14H17BrN2O2/c15-9-3-8(4-10(16)5-9)14(19)17-11-1-2-12(17)7-13(18)6-11/h3-5,11-13,18H,1-2,6-7,16H2. The monoisotopic (exact) mass is 324 g/mol. The van der Waals surface area contributed by atoms with Crippen molar-refractivity contribution in [3.63, 3.8) is 0 Å². The number of carbonyl (C=O) groups excluding carboxylic acids is 1. The van der Waals surface area contributed by atoms with Crippen molar-refractivity contribution in [2.75, 3.05) is 5.73 Å². The number of piperidine rings is 1. The van der Waals surface area contributed by atoms with Crippen molar-refractivity contribution in [3.05, 3.63) is 28.2 Å². The molecule has 2 unspecified atom stereocenters. The SMILES string of the molecule is Nc1cc(Br)cc(C(=O)N2C3CCC2CC(O)C3)c1. The zero-order valence-electron chi connectivity index (χ0n) is 10.6. The number of hydrogen-bond acceptors (Lipinski definition) is 3. The molecule has 2 saturated heterocycles. The second-order valence-electron chi connectivity index (χ2n) is 5.50. The Balaban J connectivity index is 1.88. The van der Waals surface area contributed by atoms with E-state index in [9.17, 15) is 9.90 Å². The Morgan fingerprint density at radius 3 is 2.47 bits per heavy atom. The summed E-state index contributed by atoms with van der Waals surface area (Å²) in [5.74, 6) is 0.0346. The lowest BCUT2D eigenvalue weighted by Crippen LogP contribution is -2.48. The molecule has 1 amide bonds. The van der Waals surface area contributed by atoms with Gasteiger partial charge in [-0.05, 0) is 43.9 Å². The number of nitrogens with zero attached hydrogens (tertiary/aromatic N) is 1. The van der Waals surface area contributed by atoms with Crippen LogP contribution in [-0.2, 0) is 0 Å². The highest BCUT2D eigenvalue weighted by Crippen LogP contribution is 2.37. The number of carbonyl (C=O) groups is 1. The van der Waals surface area contributed by atoms with Crippen LogP contribution in [-0.4, -0.2) is 34.1 Å². The van der Waals surface area contributed by atoms with E-state index in [0.29, 0.717) is 24.1 Å². The molecule has 1 aromatic carbocycles. The molecule has 2 atom stereocenters. The number of nitrogen functional groups attached to an aromatic ring is 1. The Morgan fingerprint density at radius 1 is 1.26 bits per heavy atom. The van der Waals surface area contributed by atoms with E-state index >= 15 is 0 Å². The third-order valence-corrected chi connectivity index (χ3v) is 4.57. The van der Waals surface area contributed by atoms with Crippen molar-refractivity contribution in [2.24, 2.45) is 0 Å². The van der Waals surface area contributed by atoms with Crippen molar-refractivity contribution < 1.29 is 9.90 Å². The number of aliphatic hydroxyl groups excluding tert-OH is 1. The number of benzene rings is 1. The first-order chi connectivity index (χ1) is 9.04. The second-order valence-corrected chi connectivity index (χ2v) is 6.41. The number of hydrogen-bond donors (Lipinski definition) is 2. The molecule has 0 spiro atoms. The zero-order chi connectivity index (χ0) is 13.6. The maximum atomic E-state index is 12.6. The lowest BCUT2D eigenvalue weighted by atomic mass is 9.98. The molecule has 102 valence electrons. The molecular weight excluding hydrogens is 308 g/mol. The van der Waals surface area contributed by atoms with Gasteiger partial charge in [-0.25, -0.2) is 0 Å². The highest BCUT2D eigenvalue weighted by molar-refractivity contribution is 9.10. The highest BCUT2D eigenvalue weighted by Gasteiger charge is 2.42. The molecule has 1 aromatic rings. The van der Waals surface area contributed by atoms with E-state index in [4.69, 9.17) is 5.73 Å². The summed E-state index contributed by atoms with van der Waals surface area (Å²) >= 11 is 3.37. The largest absolute Gasteiger partial charge is 0.399 e. The third kappa shape index (κ3) is 2.37. The normalized spacial score (nSPS) is 29.6. The van der Waals surface area contributed by atoms with E-state index in [-0.39, 0.29) is 24.1 Å². The maximum absolute atomic E-state index is 12.6. The number of aliphatic hydroxyl groups is 1. The van der Waals surface area contributed by atoms with Crippen molar-refractivity contribution >= 4 is 27.5 Å². The van der Waals surface area contributed by atoms with Gasteiger partial charge in [0.05, 0.1) is 6.10 Å². The fourth-order valence-corrected chi connectivity index (χ4v) is 3.88. The Morgan fingerprint density at radius 2 is 1.89 bits per heavy atom. The number of halogens is 1. The summed E-state index contributed by atoms with van der Waals surface area (Å²) in [6.45, 7) is 0. The molecule has 3 N–H and O–H groups in total.